The molecule has 90 valence electrons. The number of ether oxygens (including phenoxy) is 1. The summed E-state index contributed by atoms with van der Waals surface area (Å²) in [5, 5.41) is 9.02. The average Bonchev–Trinajstić information content (AvgIpc) is 2.19. The van der Waals surface area contributed by atoms with Gasteiger partial charge in [0.25, 0.3) is 0 Å². The van der Waals surface area contributed by atoms with Crippen LogP contribution in [0.1, 0.15) is 12.5 Å². The van der Waals surface area contributed by atoms with Crippen LogP contribution in [0.15, 0.2) is 12.3 Å². The lowest BCUT2D eigenvalue weighted by molar-refractivity contribution is -0.190. The molecule has 0 radical (unpaired) electrons. The predicted molar refractivity (Wildman–Crippen MR) is 51.3 cm³/mol. The lowest BCUT2D eigenvalue weighted by Gasteiger charge is -2.17. The van der Waals surface area contributed by atoms with Crippen LogP contribution < -0.4 is 4.74 Å². The van der Waals surface area contributed by atoms with Gasteiger partial charge in [0.15, 0.2) is 6.10 Å². The minimum absolute atomic E-state index is 0.175. The van der Waals surface area contributed by atoms with Gasteiger partial charge >= 0.3 is 6.18 Å². The first-order valence-corrected chi connectivity index (χ1v) is 4.71. The number of pyridine rings is 1. The SMILES string of the molecule is CC(Oc1cc(CO)c(Cl)cn1)C(F)(F)F. The van der Waals surface area contributed by atoms with Crippen LogP contribution in [-0.2, 0) is 6.61 Å². The van der Waals surface area contributed by atoms with Gasteiger partial charge in [-0.1, -0.05) is 11.6 Å². The maximum absolute atomic E-state index is 12.2. The maximum atomic E-state index is 12.2. The number of nitrogens with zero attached hydrogens (tertiary/aromatic N) is 1. The molecule has 1 atom stereocenters. The normalized spacial score (nSPS) is 13.6. The monoisotopic (exact) mass is 255 g/mol. The van der Waals surface area contributed by atoms with Gasteiger partial charge in [-0.25, -0.2) is 4.98 Å². The Labute approximate surface area is 94.8 Å². The minimum atomic E-state index is -4.46. The van der Waals surface area contributed by atoms with Gasteiger partial charge in [-0.15, -0.1) is 0 Å². The van der Waals surface area contributed by atoms with Crippen molar-refractivity contribution < 1.29 is 23.0 Å². The van der Waals surface area contributed by atoms with Crippen LogP contribution in [0.3, 0.4) is 0 Å². The van der Waals surface area contributed by atoms with Crippen molar-refractivity contribution in [2.45, 2.75) is 25.8 Å². The van der Waals surface area contributed by atoms with Crippen LogP contribution in [0.2, 0.25) is 5.02 Å². The number of aromatic nitrogens is 1. The molecule has 0 aliphatic rings. The minimum Gasteiger partial charge on any atom is -0.465 e. The molecule has 0 fully saturated rings. The van der Waals surface area contributed by atoms with Crippen molar-refractivity contribution in [2.75, 3.05) is 0 Å². The van der Waals surface area contributed by atoms with Gasteiger partial charge in [-0.05, 0) is 6.92 Å². The van der Waals surface area contributed by atoms with Crippen molar-refractivity contribution in [3.05, 3.63) is 22.8 Å². The van der Waals surface area contributed by atoms with Crippen LogP contribution in [0, 0.1) is 0 Å². The molecule has 0 amide bonds. The number of rotatable bonds is 3. The second-order valence-corrected chi connectivity index (χ2v) is 3.48. The van der Waals surface area contributed by atoms with Crippen molar-refractivity contribution in [1.82, 2.24) is 4.98 Å². The van der Waals surface area contributed by atoms with E-state index in [1.807, 2.05) is 0 Å². The summed E-state index contributed by atoms with van der Waals surface area (Å²) in [6.45, 7) is 0.479. The smallest absolute Gasteiger partial charge is 0.425 e. The zero-order valence-corrected chi connectivity index (χ0v) is 9.01. The quantitative estimate of drug-likeness (QED) is 0.903. The van der Waals surface area contributed by atoms with E-state index in [0.717, 1.165) is 13.1 Å². The number of aliphatic hydroxyl groups is 1. The topological polar surface area (TPSA) is 42.4 Å². The highest BCUT2D eigenvalue weighted by atomic mass is 35.5. The van der Waals surface area contributed by atoms with Gasteiger partial charge in [0, 0.05) is 17.8 Å². The highest BCUT2D eigenvalue weighted by Crippen LogP contribution is 2.25. The van der Waals surface area contributed by atoms with Crippen LogP contribution in [-0.4, -0.2) is 22.4 Å². The molecule has 0 aliphatic heterocycles. The second-order valence-electron chi connectivity index (χ2n) is 3.07. The lowest BCUT2D eigenvalue weighted by atomic mass is 10.3. The van der Waals surface area contributed by atoms with Crippen LogP contribution in [0.4, 0.5) is 13.2 Å². The summed E-state index contributed by atoms with van der Waals surface area (Å²) in [5.74, 6) is -0.224. The standard InChI is InChI=1S/C9H9ClF3NO2/c1-5(9(11,12)13)16-8-2-6(4-15)7(10)3-14-8/h2-3,5,15H,4H2,1H3. The summed E-state index contributed by atoms with van der Waals surface area (Å²) < 4.78 is 41.1. The summed E-state index contributed by atoms with van der Waals surface area (Å²) in [6.07, 6.45) is -5.29. The molecule has 0 spiro atoms. The molecule has 1 unspecified atom stereocenters. The highest BCUT2D eigenvalue weighted by Gasteiger charge is 2.38. The Morgan fingerprint density at radius 1 is 1.56 bits per heavy atom. The van der Waals surface area contributed by atoms with Gasteiger partial charge < -0.3 is 9.84 Å². The van der Waals surface area contributed by atoms with E-state index in [0.29, 0.717) is 0 Å². The van der Waals surface area contributed by atoms with Crippen molar-refractivity contribution in [3.8, 4) is 5.88 Å². The molecule has 1 rings (SSSR count). The van der Waals surface area contributed by atoms with E-state index in [9.17, 15) is 13.2 Å². The maximum Gasteiger partial charge on any atom is 0.425 e. The molecular formula is C9H9ClF3NO2. The van der Waals surface area contributed by atoms with Crippen LogP contribution in [0.5, 0.6) is 5.88 Å². The fourth-order valence-electron chi connectivity index (χ4n) is 0.892. The van der Waals surface area contributed by atoms with Gasteiger partial charge in [0.2, 0.25) is 5.88 Å². The molecule has 1 aromatic heterocycles. The molecule has 0 bridgehead atoms. The van der Waals surface area contributed by atoms with Crippen LogP contribution >= 0.6 is 11.6 Å². The molecule has 0 saturated heterocycles. The van der Waals surface area contributed by atoms with E-state index in [-0.39, 0.29) is 16.5 Å². The number of aliphatic hydroxyl groups excluding tert-OH is 1. The van der Waals surface area contributed by atoms with Crippen molar-refractivity contribution >= 4 is 11.6 Å². The van der Waals surface area contributed by atoms with Crippen LogP contribution in [0.25, 0.3) is 0 Å². The van der Waals surface area contributed by atoms with E-state index in [1.165, 1.54) is 6.07 Å². The summed E-state index contributed by atoms with van der Waals surface area (Å²) >= 11 is 5.62. The molecule has 1 N–H and O–H groups in total. The Bertz CT molecular complexity index is 370. The molecular weight excluding hydrogens is 247 g/mol. The molecule has 7 heteroatoms. The Balaban J connectivity index is 2.82. The van der Waals surface area contributed by atoms with Gasteiger partial charge in [-0.3, -0.25) is 0 Å². The third-order valence-corrected chi connectivity index (χ3v) is 2.18. The van der Waals surface area contributed by atoms with Crippen molar-refractivity contribution in [2.24, 2.45) is 0 Å². The Morgan fingerprint density at radius 3 is 2.69 bits per heavy atom. The third-order valence-electron chi connectivity index (χ3n) is 1.84. The summed E-state index contributed by atoms with van der Waals surface area (Å²) in [7, 11) is 0. The summed E-state index contributed by atoms with van der Waals surface area (Å²) in [6, 6.07) is 1.17. The highest BCUT2D eigenvalue weighted by molar-refractivity contribution is 6.31. The zero-order chi connectivity index (χ0) is 12.3. The molecule has 1 aromatic rings. The fourth-order valence-corrected chi connectivity index (χ4v) is 1.06. The summed E-state index contributed by atoms with van der Waals surface area (Å²) in [4.78, 5) is 3.58. The van der Waals surface area contributed by atoms with E-state index in [1.54, 1.807) is 0 Å². The predicted octanol–water partition coefficient (Wildman–Crippen LogP) is 2.56. The van der Waals surface area contributed by atoms with Gasteiger partial charge in [-0.2, -0.15) is 13.2 Å². The van der Waals surface area contributed by atoms with Crippen molar-refractivity contribution in [1.29, 1.82) is 0 Å². The Hall–Kier alpha value is -1.01. The lowest BCUT2D eigenvalue weighted by Crippen LogP contribution is -2.31. The number of hydrogen-bond acceptors (Lipinski definition) is 3. The fraction of sp³-hybridized carbons (Fsp3) is 0.444. The van der Waals surface area contributed by atoms with Gasteiger partial charge in [0.05, 0.1) is 11.6 Å². The van der Waals surface area contributed by atoms with Gasteiger partial charge in [0.1, 0.15) is 0 Å². The Kier molecular flexibility index (Phi) is 3.98. The molecule has 0 aromatic carbocycles. The molecule has 0 saturated carbocycles. The molecule has 1 heterocycles. The number of hydrogen-bond donors (Lipinski definition) is 1. The van der Waals surface area contributed by atoms with E-state index >= 15 is 0 Å². The first-order valence-electron chi connectivity index (χ1n) is 4.33. The Morgan fingerprint density at radius 2 is 2.19 bits per heavy atom. The molecule has 3 nitrogen and oxygen atoms in total. The number of alkyl halides is 3. The largest absolute Gasteiger partial charge is 0.465 e. The second kappa shape index (κ2) is 4.88. The molecule has 0 aliphatic carbocycles. The first-order chi connectivity index (χ1) is 7.34. The third kappa shape index (κ3) is 3.24. The summed E-state index contributed by atoms with van der Waals surface area (Å²) in [5.41, 5.74) is 0.265. The molecule has 16 heavy (non-hydrogen) atoms. The van der Waals surface area contributed by atoms with E-state index < -0.39 is 18.9 Å². The average molecular weight is 256 g/mol. The van der Waals surface area contributed by atoms with Crippen molar-refractivity contribution in [3.63, 3.8) is 0 Å². The number of halogens is 4. The zero-order valence-electron chi connectivity index (χ0n) is 8.25. The first kappa shape index (κ1) is 13.1. The van der Waals surface area contributed by atoms with E-state index in [2.05, 4.69) is 9.72 Å². The van der Waals surface area contributed by atoms with E-state index in [4.69, 9.17) is 16.7 Å².